The molecule has 0 radical (unpaired) electrons. The van der Waals surface area contributed by atoms with E-state index in [4.69, 9.17) is 18.0 Å². The molecule has 1 saturated heterocycles. The summed E-state index contributed by atoms with van der Waals surface area (Å²) in [5.41, 5.74) is 6.36. The van der Waals surface area contributed by atoms with Gasteiger partial charge in [0.2, 0.25) is 0 Å². The predicted octanol–water partition coefficient (Wildman–Crippen LogP) is 1.88. The van der Waals surface area contributed by atoms with Gasteiger partial charge in [0.1, 0.15) is 10.7 Å². The van der Waals surface area contributed by atoms with Gasteiger partial charge in [0.05, 0.1) is 0 Å². The van der Waals surface area contributed by atoms with Crippen LogP contribution in [0.2, 0.25) is 0 Å². The molecule has 0 aliphatic carbocycles. The van der Waals surface area contributed by atoms with Crippen molar-refractivity contribution < 1.29 is 0 Å². The minimum Gasteiger partial charge on any atom is -0.388 e. The first-order chi connectivity index (χ1) is 8.20. The van der Waals surface area contributed by atoms with E-state index in [2.05, 4.69) is 21.8 Å². The summed E-state index contributed by atoms with van der Waals surface area (Å²) in [6.07, 6.45) is 8.28. The molecule has 1 aromatic heterocycles. The zero-order valence-corrected chi connectivity index (χ0v) is 10.9. The fourth-order valence-corrected chi connectivity index (χ4v) is 2.45. The summed E-state index contributed by atoms with van der Waals surface area (Å²) in [5.74, 6) is 0.842. The second-order valence-corrected chi connectivity index (χ2v) is 4.92. The van der Waals surface area contributed by atoms with Crippen molar-refractivity contribution >= 4 is 23.0 Å². The van der Waals surface area contributed by atoms with Crippen molar-refractivity contribution in [3.63, 3.8) is 0 Å². The molecule has 4 nitrogen and oxygen atoms in total. The Kier molecular flexibility index (Phi) is 3.89. The first-order valence-corrected chi connectivity index (χ1v) is 6.48. The van der Waals surface area contributed by atoms with Crippen molar-refractivity contribution in [2.45, 2.75) is 38.6 Å². The lowest BCUT2D eigenvalue weighted by Crippen LogP contribution is -2.35. The standard InChI is InChI=1S/C12H18N4S/c1-9-5-3-2-4-8-16(9)12-10(11(13)17)14-6-7-15-12/h6-7,9H,2-5,8H2,1H3,(H2,13,17). The van der Waals surface area contributed by atoms with Crippen molar-refractivity contribution in [3.8, 4) is 0 Å². The molecule has 17 heavy (non-hydrogen) atoms. The third kappa shape index (κ3) is 2.72. The van der Waals surface area contributed by atoms with Crippen LogP contribution in [0.25, 0.3) is 0 Å². The maximum absolute atomic E-state index is 5.71. The highest BCUT2D eigenvalue weighted by Gasteiger charge is 2.22. The van der Waals surface area contributed by atoms with E-state index >= 15 is 0 Å². The van der Waals surface area contributed by atoms with Gasteiger partial charge in [0.25, 0.3) is 0 Å². The zero-order chi connectivity index (χ0) is 12.3. The van der Waals surface area contributed by atoms with Gasteiger partial charge in [0, 0.05) is 25.0 Å². The highest BCUT2D eigenvalue weighted by molar-refractivity contribution is 7.80. The molecule has 2 rings (SSSR count). The lowest BCUT2D eigenvalue weighted by atomic mass is 10.1. The van der Waals surface area contributed by atoms with Crippen LogP contribution in [-0.2, 0) is 0 Å². The molecule has 2 heterocycles. The number of thiocarbonyl (C=S) groups is 1. The summed E-state index contributed by atoms with van der Waals surface area (Å²) in [6, 6.07) is 0.474. The van der Waals surface area contributed by atoms with Gasteiger partial charge < -0.3 is 10.6 Å². The molecule has 92 valence electrons. The molecular formula is C12H18N4S. The first kappa shape index (κ1) is 12.2. The van der Waals surface area contributed by atoms with E-state index in [0.717, 1.165) is 12.4 Å². The molecule has 1 atom stereocenters. The number of hydrogen-bond acceptors (Lipinski definition) is 4. The number of nitrogens with zero attached hydrogens (tertiary/aromatic N) is 3. The molecule has 0 aromatic carbocycles. The normalized spacial score (nSPS) is 21.0. The van der Waals surface area contributed by atoms with Crippen molar-refractivity contribution in [1.29, 1.82) is 0 Å². The molecule has 5 heteroatoms. The second kappa shape index (κ2) is 5.40. The average molecular weight is 250 g/mol. The maximum atomic E-state index is 5.71. The topological polar surface area (TPSA) is 55.0 Å². The highest BCUT2D eigenvalue weighted by Crippen LogP contribution is 2.24. The second-order valence-electron chi connectivity index (χ2n) is 4.48. The number of nitrogens with two attached hydrogens (primary N) is 1. The van der Waals surface area contributed by atoms with Crippen LogP contribution in [0.4, 0.5) is 5.82 Å². The van der Waals surface area contributed by atoms with Crippen LogP contribution in [0, 0.1) is 0 Å². The molecule has 0 bridgehead atoms. The van der Waals surface area contributed by atoms with E-state index in [1.165, 1.54) is 25.7 Å². The van der Waals surface area contributed by atoms with Crippen molar-refractivity contribution in [2.24, 2.45) is 5.73 Å². The third-order valence-corrected chi connectivity index (χ3v) is 3.43. The number of aromatic nitrogens is 2. The van der Waals surface area contributed by atoms with E-state index < -0.39 is 0 Å². The van der Waals surface area contributed by atoms with Crippen molar-refractivity contribution in [1.82, 2.24) is 9.97 Å². The fraction of sp³-hybridized carbons (Fsp3) is 0.583. The Labute approximate surface area is 107 Å². The van der Waals surface area contributed by atoms with Crippen molar-refractivity contribution in [2.75, 3.05) is 11.4 Å². The van der Waals surface area contributed by atoms with Crippen LogP contribution in [-0.4, -0.2) is 27.5 Å². The maximum Gasteiger partial charge on any atom is 0.157 e. The summed E-state index contributed by atoms with van der Waals surface area (Å²) in [6.45, 7) is 3.23. The summed E-state index contributed by atoms with van der Waals surface area (Å²) in [5, 5.41) is 0. The van der Waals surface area contributed by atoms with Crippen molar-refractivity contribution in [3.05, 3.63) is 18.1 Å². The molecule has 0 spiro atoms. The van der Waals surface area contributed by atoms with Crippen LogP contribution >= 0.6 is 12.2 Å². The Morgan fingerprint density at radius 3 is 2.88 bits per heavy atom. The molecule has 1 aromatic rings. The van der Waals surface area contributed by atoms with Crippen LogP contribution in [0.5, 0.6) is 0 Å². The molecule has 0 saturated carbocycles. The largest absolute Gasteiger partial charge is 0.388 e. The Bertz CT molecular complexity index is 407. The number of anilines is 1. The molecular weight excluding hydrogens is 232 g/mol. The molecule has 1 unspecified atom stereocenters. The van der Waals surface area contributed by atoms with Crippen LogP contribution in [0.3, 0.4) is 0 Å². The Balaban J connectivity index is 2.34. The first-order valence-electron chi connectivity index (χ1n) is 6.07. The third-order valence-electron chi connectivity index (χ3n) is 3.24. The molecule has 1 aliphatic rings. The summed E-state index contributed by atoms with van der Waals surface area (Å²) in [4.78, 5) is 11.3. The van der Waals surface area contributed by atoms with Crippen LogP contribution in [0.1, 0.15) is 38.3 Å². The molecule has 0 amide bonds. The van der Waals surface area contributed by atoms with Gasteiger partial charge in [-0.2, -0.15) is 0 Å². The van der Waals surface area contributed by atoms with Gasteiger partial charge >= 0.3 is 0 Å². The van der Waals surface area contributed by atoms with E-state index in [-0.39, 0.29) is 0 Å². The van der Waals surface area contributed by atoms with Gasteiger partial charge in [-0.15, -0.1) is 0 Å². The molecule has 1 aliphatic heterocycles. The van der Waals surface area contributed by atoms with Gasteiger partial charge in [-0.3, -0.25) is 0 Å². The van der Waals surface area contributed by atoms with E-state index in [9.17, 15) is 0 Å². The van der Waals surface area contributed by atoms with Crippen LogP contribution in [0.15, 0.2) is 12.4 Å². The minimum atomic E-state index is 0.324. The van der Waals surface area contributed by atoms with E-state index in [0.29, 0.717) is 16.7 Å². The van der Waals surface area contributed by atoms with E-state index in [1.807, 2.05) is 0 Å². The lowest BCUT2D eigenvalue weighted by molar-refractivity contribution is 0.610. The minimum absolute atomic E-state index is 0.324. The smallest absolute Gasteiger partial charge is 0.157 e. The summed E-state index contributed by atoms with van der Waals surface area (Å²) < 4.78 is 0. The van der Waals surface area contributed by atoms with Crippen LogP contribution < -0.4 is 10.6 Å². The number of hydrogen-bond donors (Lipinski definition) is 1. The zero-order valence-electron chi connectivity index (χ0n) is 10.1. The number of rotatable bonds is 2. The molecule has 2 N–H and O–H groups in total. The summed E-state index contributed by atoms with van der Waals surface area (Å²) in [7, 11) is 0. The Morgan fingerprint density at radius 1 is 1.35 bits per heavy atom. The Morgan fingerprint density at radius 2 is 2.12 bits per heavy atom. The summed E-state index contributed by atoms with van der Waals surface area (Å²) >= 11 is 5.04. The highest BCUT2D eigenvalue weighted by atomic mass is 32.1. The van der Waals surface area contributed by atoms with Gasteiger partial charge in [-0.1, -0.05) is 25.1 Å². The van der Waals surface area contributed by atoms with Gasteiger partial charge in [-0.25, -0.2) is 9.97 Å². The molecule has 1 fully saturated rings. The Hall–Kier alpha value is -1.23. The van der Waals surface area contributed by atoms with Gasteiger partial charge in [0.15, 0.2) is 5.82 Å². The van der Waals surface area contributed by atoms with Gasteiger partial charge in [-0.05, 0) is 19.8 Å². The SMILES string of the molecule is CC1CCCCCN1c1nccnc1C(N)=S. The fourth-order valence-electron chi connectivity index (χ4n) is 2.30. The lowest BCUT2D eigenvalue weighted by Gasteiger charge is -2.29. The quantitative estimate of drug-likeness (QED) is 0.812. The average Bonchev–Trinajstić information content (AvgIpc) is 2.54. The predicted molar refractivity (Wildman–Crippen MR) is 73.2 cm³/mol. The van der Waals surface area contributed by atoms with E-state index in [1.54, 1.807) is 12.4 Å². The monoisotopic (exact) mass is 250 g/mol.